The number of hydrogen-bond donors (Lipinski definition) is 0. The minimum absolute atomic E-state index is 0. The fourth-order valence-corrected chi connectivity index (χ4v) is 6.28. The highest BCUT2D eigenvalue weighted by molar-refractivity contribution is 8.17. The maximum atomic E-state index is 4.28. The van der Waals surface area contributed by atoms with Crippen LogP contribution >= 0.6 is 35.9 Å². The minimum Gasteiger partial charge on any atom is -0.335 e. The highest BCUT2D eigenvalue weighted by Crippen LogP contribution is 2.49. The number of nitrogens with zero attached hydrogens (tertiary/aromatic N) is 2. The lowest BCUT2D eigenvalue weighted by Gasteiger charge is -2.34. The molecular weight excluding hydrogens is 404 g/mol. The highest BCUT2D eigenvalue weighted by Gasteiger charge is 2.33. The van der Waals surface area contributed by atoms with Crippen LogP contribution in [0.15, 0.2) is 49.1 Å². The van der Waals surface area contributed by atoms with E-state index in [-0.39, 0.29) is 16.5 Å². The van der Waals surface area contributed by atoms with Gasteiger partial charge < -0.3 is 4.57 Å². The predicted molar refractivity (Wildman–Crippen MR) is 130 cm³/mol. The number of fused-ring (bicyclic) bond motifs is 1. The van der Waals surface area contributed by atoms with E-state index in [9.17, 15) is 0 Å². The zero-order valence-corrected chi connectivity index (χ0v) is 19.7. The molecule has 3 aromatic rings. The number of thioether (sulfide) groups is 2. The first-order valence-electron chi connectivity index (χ1n) is 9.83. The van der Waals surface area contributed by atoms with Crippen LogP contribution in [0.4, 0.5) is 0 Å². The van der Waals surface area contributed by atoms with Gasteiger partial charge in [-0.3, -0.25) is 0 Å². The lowest BCUT2D eigenvalue weighted by Crippen LogP contribution is -2.25. The summed E-state index contributed by atoms with van der Waals surface area (Å²) < 4.78 is 2.25. The van der Waals surface area contributed by atoms with E-state index < -0.39 is 0 Å². The molecule has 0 saturated heterocycles. The summed E-state index contributed by atoms with van der Waals surface area (Å²) in [5, 5.41) is 2.68. The largest absolute Gasteiger partial charge is 0.335 e. The van der Waals surface area contributed by atoms with Crippen LogP contribution in [0.3, 0.4) is 0 Å². The lowest BCUT2D eigenvalue weighted by atomic mass is 9.99. The van der Waals surface area contributed by atoms with Gasteiger partial charge in [0.05, 0.1) is 12.9 Å². The molecule has 1 heterocycles. The zero-order valence-electron chi connectivity index (χ0n) is 17.3. The average molecular weight is 435 g/mol. The number of aromatic nitrogens is 2. The van der Waals surface area contributed by atoms with E-state index in [1.807, 2.05) is 12.5 Å². The van der Waals surface area contributed by atoms with Gasteiger partial charge in [-0.15, -0.1) is 35.9 Å². The quantitative estimate of drug-likeness (QED) is 0.331. The Morgan fingerprint density at radius 3 is 2.14 bits per heavy atom. The summed E-state index contributed by atoms with van der Waals surface area (Å²) in [5.41, 5.74) is 4.15. The SMILES string of the molecule is CCCSC(Cn1ccnc1)(SCCC)c1ccc2cc(C)c(C)cc2c1.Cl. The Morgan fingerprint density at radius 2 is 1.57 bits per heavy atom. The molecule has 0 aliphatic heterocycles. The fourth-order valence-electron chi connectivity index (χ4n) is 3.31. The Bertz CT molecular complexity index is 870. The second-order valence-corrected chi connectivity index (χ2v) is 10.2. The van der Waals surface area contributed by atoms with E-state index in [1.165, 1.54) is 40.3 Å². The fraction of sp³-hybridized carbons (Fsp3) is 0.435. The standard InChI is InChI=1S/C23H30N2S2.ClH/c1-5-11-26-23(27-12-6-2,16-25-10-9-24-17-25)22-8-7-20-13-18(3)19(4)14-21(20)15-22;/h7-10,13-15,17H,5-6,11-12,16H2,1-4H3;1H. The molecule has 1 aromatic heterocycles. The summed E-state index contributed by atoms with van der Waals surface area (Å²) in [6, 6.07) is 11.7. The van der Waals surface area contributed by atoms with Crippen molar-refractivity contribution in [1.82, 2.24) is 9.55 Å². The van der Waals surface area contributed by atoms with Gasteiger partial charge >= 0.3 is 0 Å². The van der Waals surface area contributed by atoms with Crippen molar-refractivity contribution < 1.29 is 0 Å². The summed E-state index contributed by atoms with van der Waals surface area (Å²) >= 11 is 4.18. The minimum atomic E-state index is 0. The number of hydrogen-bond acceptors (Lipinski definition) is 3. The van der Waals surface area contributed by atoms with Gasteiger partial charge in [-0.2, -0.15) is 0 Å². The second-order valence-electron chi connectivity index (χ2n) is 7.18. The van der Waals surface area contributed by atoms with Crippen molar-refractivity contribution in [3.63, 3.8) is 0 Å². The molecule has 0 fully saturated rings. The van der Waals surface area contributed by atoms with Gasteiger partial charge in [0.15, 0.2) is 0 Å². The molecule has 0 aliphatic carbocycles. The summed E-state index contributed by atoms with van der Waals surface area (Å²) in [5.74, 6) is 2.33. The van der Waals surface area contributed by atoms with Crippen molar-refractivity contribution in [2.45, 2.75) is 51.2 Å². The highest BCUT2D eigenvalue weighted by atomic mass is 35.5. The normalized spacial score (nSPS) is 11.6. The Hall–Kier alpha value is -1.10. The molecule has 0 amide bonds. The van der Waals surface area contributed by atoms with E-state index in [0.29, 0.717) is 0 Å². The smallest absolute Gasteiger partial charge is 0.104 e. The van der Waals surface area contributed by atoms with Crippen molar-refractivity contribution in [1.29, 1.82) is 0 Å². The Balaban J connectivity index is 0.00000280. The number of halogens is 1. The maximum Gasteiger partial charge on any atom is 0.104 e. The number of benzene rings is 2. The molecular formula is C23H31ClN2S2. The molecule has 0 saturated carbocycles. The van der Waals surface area contributed by atoms with Gasteiger partial charge in [0, 0.05) is 12.4 Å². The molecule has 0 bridgehead atoms. The van der Waals surface area contributed by atoms with Crippen molar-refractivity contribution in [3.8, 4) is 0 Å². The molecule has 0 radical (unpaired) electrons. The zero-order chi connectivity index (χ0) is 19.3. The van der Waals surface area contributed by atoms with E-state index in [4.69, 9.17) is 0 Å². The van der Waals surface area contributed by atoms with Crippen LogP contribution in [0, 0.1) is 13.8 Å². The molecule has 5 heteroatoms. The third-order valence-electron chi connectivity index (χ3n) is 4.92. The molecule has 0 atom stereocenters. The van der Waals surface area contributed by atoms with Crippen molar-refractivity contribution in [3.05, 3.63) is 65.7 Å². The Kier molecular flexibility index (Phi) is 8.79. The second kappa shape index (κ2) is 10.6. The van der Waals surface area contributed by atoms with Gasteiger partial charge in [-0.05, 0) is 71.7 Å². The molecule has 0 aliphatic rings. The van der Waals surface area contributed by atoms with Crippen molar-refractivity contribution in [2.24, 2.45) is 0 Å². The third kappa shape index (κ3) is 5.28. The molecule has 0 unspecified atom stereocenters. The van der Waals surface area contributed by atoms with Crippen molar-refractivity contribution in [2.75, 3.05) is 11.5 Å². The molecule has 2 nitrogen and oxygen atoms in total. The summed E-state index contributed by atoms with van der Waals surface area (Å²) in [6.07, 6.45) is 8.29. The van der Waals surface area contributed by atoms with E-state index in [1.54, 1.807) is 0 Å². The molecule has 152 valence electrons. The van der Waals surface area contributed by atoms with Gasteiger partial charge in [0.1, 0.15) is 4.08 Å². The van der Waals surface area contributed by atoms with Gasteiger partial charge in [0.2, 0.25) is 0 Å². The van der Waals surface area contributed by atoms with Crippen LogP contribution in [0.5, 0.6) is 0 Å². The van der Waals surface area contributed by atoms with Gasteiger partial charge in [-0.25, -0.2) is 4.98 Å². The number of aryl methyl sites for hydroxylation is 2. The summed E-state index contributed by atoms with van der Waals surface area (Å²) in [4.78, 5) is 4.28. The first kappa shape index (κ1) is 23.2. The monoisotopic (exact) mass is 434 g/mol. The van der Waals surface area contributed by atoms with Crippen LogP contribution in [0.25, 0.3) is 10.8 Å². The molecule has 28 heavy (non-hydrogen) atoms. The van der Waals surface area contributed by atoms with Crippen LogP contribution < -0.4 is 0 Å². The van der Waals surface area contributed by atoms with Crippen molar-refractivity contribution >= 4 is 46.7 Å². The number of imidazole rings is 1. The van der Waals surface area contributed by atoms with E-state index >= 15 is 0 Å². The lowest BCUT2D eigenvalue weighted by molar-refractivity contribution is 0.648. The topological polar surface area (TPSA) is 17.8 Å². The summed E-state index contributed by atoms with van der Waals surface area (Å²) in [7, 11) is 0. The number of rotatable bonds is 9. The van der Waals surface area contributed by atoms with E-state index in [2.05, 4.69) is 97.3 Å². The third-order valence-corrected chi connectivity index (χ3v) is 8.52. The first-order chi connectivity index (χ1) is 13.1. The maximum absolute atomic E-state index is 4.28. The Morgan fingerprint density at radius 1 is 0.929 bits per heavy atom. The van der Waals surface area contributed by atoms with Crippen LogP contribution in [0.2, 0.25) is 0 Å². The van der Waals surface area contributed by atoms with Crippen LogP contribution in [-0.2, 0) is 10.6 Å². The molecule has 2 aromatic carbocycles. The average Bonchev–Trinajstić information content (AvgIpc) is 3.17. The molecule has 0 N–H and O–H groups in total. The van der Waals surface area contributed by atoms with Crippen LogP contribution in [-0.4, -0.2) is 21.1 Å². The van der Waals surface area contributed by atoms with E-state index in [0.717, 1.165) is 18.1 Å². The first-order valence-corrected chi connectivity index (χ1v) is 11.8. The molecule has 3 rings (SSSR count). The van der Waals surface area contributed by atoms with Gasteiger partial charge in [-0.1, -0.05) is 38.1 Å². The Labute approximate surface area is 184 Å². The predicted octanol–water partition coefficient (Wildman–Crippen LogP) is 7.21. The van der Waals surface area contributed by atoms with Gasteiger partial charge in [0.25, 0.3) is 0 Å². The summed E-state index contributed by atoms with van der Waals surface area (Å²) in [6.45, 7) is 9.88. The molecule has 0 spiro atoms. The van der Waals surface area contributed by atoms with Crippen LogP contribution in [0.1, 0.15) is 43.4 Å².